The fraction of sp³-hybridized carbons (Fsp3) is 0.424. The van der Waals surface area contributed by atoms with E-state index in [0.29, 0.717) is 30.1 Å². The highest BCUT2D eigenvalue weighted by molar-refractivity contribution is 7.41. The maximum atomic E-state index is 13.5. The molecule has 1 N–H and O–H groups in total. The second-order valence-electron chi connectivity index (χ2n) is 10.6. The van der Waals surface area contributed by atoms with Gasteiger partial charge in [0.1, 0.15) is 17.6 Å². The molecule has 0 aliphatic rings. The Labute approximate surface area is 245 Å². The van der Waals surface area contributed by atoms with Crippen molar-refractivity contribution < 1.29 is 28.8 Å². The summed E-state index contributed by atoms with van der Waals surface area (Å²) < 4.78 is 25.1. The van der Waals surface area contributed by atoms with Crippen molar-refractivity contribution >= 4 is 13.9 Å². The topological polar surface area (TPSA) is 85.3 Å². The van der Waals surface area contributed by atoms with E-state index in [1.807, 2.05) is 52.0 Å². The number of hydrogen-bond acceptors (Lipinski definition) is 6. The minimum Gasteiger partial charge on any atom is -0.508 e. The van der Waals surface area contributed by atoms with Crippen molar-refractivity contribution in [3.05, 3.63) is 88.5 Å². The number of aromatic hydroxyl groups is 1. The molecule has 0 aliphatic carbocycles. The Morgan fingerprint density at radius 3 is 2.15 bits per heavy atom. The zero-order valence-electron chi connectivity index (χ0n) is 25.2. The first-order valence-corrected chi connectivity index (χ1v) is 15.7. The van der Waals surface area contributed by atoms with Gasteiger partial charge < -0.3 is 19.4 Å². The van der Waals surface area contributed by atoms with E-state index >= 15 is 0 Å². The molecule has 3 rings (SSSR count). The van der Waals surface area contributed by atoms with Crippen LogP contribution in [-0.4, -0.2) is 34.4 Å². The zero-order valence-corrected chi connectivity index (χ0v) is 26.1. The molecule has 7 nitrogen and oxygen atoms in total. The molecule has 0 bridgehead atoms. The molecule has 0 heterocycles. The molecule has 0 saturated heterocycles. The van der Waals surface area contributed by atoms with Crippen LogP contribution in [0.4, 0.5) is 0 Å². The quantitative estimate of drug-likeness (QED) is 0.117. The predicted molar refractivity (Wildman–Crippen MR) is 163 cm³/mol. The predicted octanol–water partition coefficient (Wildman–Crippen LogP) is 8.22. The number of hydrogen-bond donors (Lipinski definition) is 1. The molecule has 1 unspecified atom stereocenters. The first-order chi connectivity index (χ1) is 19.5. The number of carbonyl (C=O) groups excluding carboxylic acids is 1. The molecule has 3 aromatic rings. The average Bonchev–Trinajstić information content (AvgIpc) is 2.95. The SMILES string of the molecule is CCC(CC)OC(=O)[C@H](C)N(Oc1ccccc1)[P+](=O)COc1cc(C)c(Cc2ccc(O)c(C(C)C)c2)c(C)c1. The number of ether oxygens (including phenoxy) is 2. The number of rotatable bonds is 14. The van der Waals surface area contributed by atoms with E-state index in [4.69, 9.17) is 14.3 Å². The van der Waals surface area contributed by atoms with Gasteiger partial charge in [0.15, 0.2) is 11.8 Å². The highest BCUT2D eigenvalue weighted by Gasteiger charge is 2.41. The van der Waals surface area contributed by atoms with Crippen LogP contribution in [0.25, 0.3) is 0 Å². The lowest BCUT2D eigenvalue weighted by molar-refractivity contribution is -0.160. The fourth-order valence-electron chi connectivity index (χ4n) is 4.60. The van der Waals surface area contributed by atoms with E-state index in [0.717, 1.165) is 28.7 Å². The maximum Gasteiger partial charge on any atom is 0.512 e. The Balaban J connectivity index is 1.75. The summed E-state index contributed by atoms with van der Waals surface area (Å²) in [7, 11) is -2.26. The van der Waals surface area contributed by atoms with Crippen LogP contribution in [0.5, 0.6) is 17.2 Å². The Morgan fingerprint density at radius 1 is 0.927 bits per heavy atom. The molecule has 0 spiro atoms. The zero-order chi connectivity index (χ0) is 30.1. The van der Waals surface area contributed by atoms with Crippen molar-refractivity contribution in [3.8, 4) is 17.2 Å². The Morgan fingerprint density at radius 2 is 1.56 bits per heavy atom. The van der Waals surface area contributed by atoms with Gasteiger partial charge in [0.25, 0.3) is 0 Å². The third-order valence-corrected chi connectivity index (χ3v) is 8.35. The number of para-hydroxylation sites is 1. The third-order valence-electron chi connectivity index (χ3n) is 7.13. The molecule has 2 atom stereocenters. The highest BCUT2D eigenvalue weighted by atomic mass is 31.1. The second-order valence-corrected chi connectivity index (χ2v) is 12.0. The van der Waals surface area contributed by atoms with E-state index in [2.05, 4.69) is 19.9 Å². The van der Waals surface area contributed by atoms with Crippen LogP contribution in [-0.2, 0) is 20.5 Å². The Bertz CT molecular complexity index is 1300. The van der Waals surface area contributed by atoms with Crippen LogP contribution < -0.4 is 9.57 Å². The number of hydroxylamine groups is 1. The average molecular weight is 581 g/mol. The summed E-state index contributed by atoms with van der Waals surface area (Å²) in [6.45, 7) is 13.7. The smallest absolute Gasteiger partial charge is 0.508 e. The van der Waals surface area contributed by atoms with Crippen molar-refractivity contribution in [1.29, 1.82) is 0 Å². The van der Waals surface area contributed by atoms with Crippen LogP contribution in [0.1, 0.15) is 81.2 Å². The maximum absolute atomic E-state index is 13.5. The standard InChI is InChI=1S/C33H42NO6P/c1-8-27(9-2)39-33(36)25(7)34(40-28-13-11-10-12-14-28)41(37)21-38-29-17-23(5)31(24(6)18-29)20-26-15-16-32(35)30(19-26)22(3)4/h10-19,22,25,27H,8-9,20-21H2,1-7H3/p+1/t25-/m0/s1. The van der Waals surface area contributed by atoms with E-state index in [1.54, 1.807) is 37.3 Å². The number of aryl methyl sites for hydroxylation is 2. The van der Waals surface area contributed by atoms with Gasteiger partial charge in [-0.3, -0.25) is 4.79 Å². The van der Waals surface area contributed by atoms with Crippen molar-refractivity contribution in [3.63, 3.8) is 0 Å². The molecule has 0 fully saturated rings. The number of esters is 1. The van der Waals surface area contributed by atoms with Gasteiger partial charge in [-0.15, -0.1) is 0 Å². The largest absolute Gasteiger partial charge is 0.512 e. The Hall–Kier alpha value is -3.41. The van der Waals surface area contributed by atoms with Gasteiger partial charge in [-0.2, -0.15) is 0 Å². The van der Waals surface area contributed by atoms with Gasteiger partial charge in [0, 0.05) is 0 Å². The van der Waals surface area contributed by atoms with E-state index in [9.17, 15) is 14.5 Å². The van der Waals surface area contributed by atoms with Crippen LogP contribution >= 0.6 is 7.95 Å². The summed E-state index contributed by atoms with van der Waals surface area (Å²) in [5.41, 5.74) is 5.33. The Kier molecular flexibility index (Phi) is 11.7. The van der Waals surface area contributed by atoms with Crippen LogP contribution in [0, 0.1) is 13.8 Å². The molecule has 8 heteroatoms. The molecule has 41 heavy (non-hydrogen) atoms. The molecule has 0 saturated carbocycles. The van der Waals surface area contributed by atoms with Gasteiger partial charge in [-0.1, -0.05) is 58.0 Å². The number of nitrogens with zero attached hydrogens (tertiary/aromatic N) is 1. The minimum absolute atomic E-state index is 0.168. The summed E-state index contributed by atoms with van der Waals surface area (Å²) in [6, 6.07) is 17.7. The van der Waals surface area contributed by atoms with Crippen LogP contribution in [0.2, 0.25) is 0 Å². The van der Waals surface area contributed by atoms with E-state index < -0.39 is 20.0 Å². The lowest BCUT2D eigenvalue weighted by atomic mass is 9.93. The number of phenolic OH excluding ortho intramolecular Hbond substituents is 1. The van der Waals surface area contributed by atoms with E-state index in [1.165, 1.54) is 10.4 Å². The van der Waals surface area contributed by atoms with Crippen molar-refractivity contribution in [2.45, 2.75) is 85.8 Å². The lowest BCUT2D eigenvalue weighted by Gasteiger charge is -2.21. The highest BCUT2D eigenvalue weighted by Crippen LogP contribution is 2.34. The van der Waals surface area contributed by atoms with Crippen molar-refractivity contribution in [2.24, 2.45) is 0 Å². The molecule has 0 radical (unpaired) electrons. The summed E-state index contributed by atoms with van der Waals surface area (Å²) in [4.78, 5) is 20.0. The van der Waals surface area contributed by atoms with Crippen molar-refractivity contribution in [1.82, 2.24) is 4.83 Å². The third kappa shape index (κ3) is 8.79. The van der Waals surface area contributed by atoms with Crippen LogP contribution in [0.15, 0.2) is 60.7 Å². The van der Waals surface area contributed by atoms with Gasteiger partial charge >= 0.3 is 20.3 Å². The summed E-state index contributed by atoms with van der Waals surface area (Å²) in [5, 5.41) is 10.2. The minimum atomic E-state index is -2.26. The van der Waals surface area contributed by atoms with Gasteiger partial charge in [-0.25, -0.2) is 0 Å². The summed E-state index contributed by atoms with van der Waals surface area (Å²) >= 11 is 0. The van der Waals surface area contributed by atoms with Crippen molar-refractivity contribution in [2.75, 3.05) is 6.35 Å². The number of phenols is 1. The summed E-state index contributed by atoms with van der Waals surface area (Å²) in [5.74, 6) is 1.10. The number of benzene rings is 3. The molecule has 0 amide bonds. The van der Waals surface area contributed by atoms with E-state index in [-0.39, 0.29) is 18.4 Å². The molecular weight excluding hydrogens is 537 g/mol. The first-order valence-electron chi connectivity index (χ1n) is 14.3. The molecule has 3 aromatic carbocycles. The van der Waals surface area contributed by atoms with Gasteiger partial charge in [-0.05, 0) is 109 Å². The fourth-order valence-corrected chi connectivity index (χ4v) is 5.64. The van der Waals surface area contributed by atoms with Gasteiger partial charge in [0.2, 0.25) is 0 Å². The molecule has 0 aromatic heterocycles. The molecular formula is C33H43NO6P+. The number of carbonyl (C=O) groups is 1. The second kappa shape index (κ2) is 15.0. The normalized spacial score (nSPS) is 12.5. The monoisotopic (exact) mass is 580 g/mol. The summed E-state index contributed by atoms with van der Waals surface area (Å²) in [6.07, 6.45) is 1.74. The molecule has 0 aliphatic heterocycles. The molecule has 220 valence electrons. The lowest BCUT2D eigenvalue weighted by Crippen LogP contribution is -2.39. The first kappa shape index (κ1) is 32.1. The van der Waals surface area contributed by atoms with Gasteiger partial charge in [0.05, 0.1) is 4.83 Å². The van der Waals surface area contributed by atoms with Crippen LogP contribution in [0.3, 0.4) is 0 Å².